The normalized spacial score (nSPS) is 13.7. The Balaban J connectivity index is 1.32. The van der Waals surface area contributed by atoms with Crippen LogP contribution in [0.15, 0.2) is 53.0 Å². The summed E-state index contributed by atoms with van der Waals surface area (Å²) in [6.45, 7) is 0.552. The predicted molar refractivity (Wildman–Crippen MR) is 125 cm³/mol. The van der Waals surface area contributed by atoms with Gasteiger partial charge in [-0.1, -0.05) is 15.9 Å². The van der Waals surface area contributed by atoms with Gasteiger partial charge in [-0.2, -0.15) is 0 Å². The molecule has 1 aliphatic rings. The number of nitrogens with one attached hydrogen (secondary N) is 1. The van der Waals surface area contributed by atoms with Gasteiger partial charge in [0.2, 0.25) is 5.82 Å². The molecule has 0 bridgehead atoms. The Labute approximate surface area is 206 Å². The lowest BCUT2D eigenvalue weighted by molar-refractivity contribution is -0.118. The zero-order valence-corrected chi connectivity index (χ0v) is 19.7. The minimum Gasteiger partial charge on any atom is -0.484 e. The van der Waals surface area contributed by atoms with Crippen LogP contribution in [0.5, 0.6) is 5.75 Å². The number of rotatable bonds is 6. The van der Waals surface area contributed by atoms with Crippen molar-refractivity contribution in [2.24, 2.45) is 0 Å². The van der Waals surface area contributed by atoms with Crippen LogP contribution >= 0.6 is 15.9 Å². The van der Waals surface area contributed by atoms with E-state index in [1.165, 1.54) is 0 Å². The number of ether oxygens (including phenoxy) is 1. The van der Waals surface area contributed by atoms with Crippen molar-refractivity contribution in [2.75, 3.05) is 47.9 Å². The van der Waals surface area contributed by atoms with E-state index < -0.39 is 34.8 Å². The van der Waals surface area contributed by atoms with E-state index in [0.717, 1.165) is 15.1 Å². The van der Waals surface area contributed by atoms with Gasteiger partial charge in [0.25, 0.3) is 5.91 Å². The number of piperazine rings is 1. The van der Waals surface area contributed by atoms with Gasteiger partial charge in [0.05, 0.1) is 0 Å². The fourth-order valence-corrected chi connectivity index (χ4v) is 3.96. The maximum Gasteiger partial charge on any atom is 0.262 e. The topological polar surface area (TPSA) is 44.8 Å². The van der Waals surface area contributed by atoms with Gasteiger partial charge in [-0.25, -0.2) is 22.0 Å². The minimum absolute atomic E-state index is 0.0598. The largest absolute Gasteiger partial charge is 0.484 e. The summed E-state index contributed by atoms with van der Waals surface area (Å²) in [5.74, 6) is -9.53. The van der Waals surface area contributed by atoms with E-state index in [0.29, 0.717) is 24.5 Å². The van der Waals surface area contributed by atoms with Crippen LogP contribution in [0.2, 0.25) is 0 Å². The lowest BCUT2D eigenvalue weighted by Crippen LogP contribution is -2.47. The summed E-state index contributed by atoms with van der Waals surface area (Å²) in [5, 5.41) is 2.72. The molecule has 0 aliphatic carbocycles. The van der Waals surface area contributed by atoms with Crippen LogP contribution in [0.3, 0.4) is 0 Å². The fraction of sp³-hybridized carbons (Fsp3) is 0.208. The number of carbonyl (C=O) groups is 1. The lowest BCUT2D eigenvalue weighted by atomic mass is 10.2. The molecule has 1 heterocycles. The zero-order valence-electron chi connectivity index (χ0n) is 18.1. The van der Waals surface area contributed by atoms with Crippen molar-refractivity contribution in [1.82, 2.24) is 0 Å². The molecule has 184 valence electrons. The van der Waals surface area contributed by atoms with Crippen LogP contribution in [-0.2, 0) is 4.79 Å². The first-order valence-corrected chi connectivity index (χ1v) is 11.3. The molecule has 1 aliphatic heterocycles. The van der Waals surface area contributed by atoms with Crippen LogP contribution in [0, 0.1) is 29.1 Å². The highest BCUT2D eigenvalue weighted by atomic mass is 79.9. The molecule has 0 aromatic heterocycles. The third-order valence-corrected chi connectivity index (χ3v) is 6.01. The average molecular weight is 556 g/mol. The quantitative estimate of drug-likeness (QED) is 0.248. The molecule has 0 saturated carbocycles. The number of carbonyl (C=O) groups excluding carboxylic acids is 1. The van der Waals surface area contributed by atoms with Crippen molar-refractivity contribution >= 4 is 38.9 Å². The predicted octanol–water partition coefficient (Wildman–Crippen LogP) is 5.49. The smallest absolute Gasteiger partial charge is 0.262 e. The molecule has 1 saturated heterocycles. The van der Waals surface area contributed by atoms with Crippen molar-refractivity contribution < 1.29 is 31.5 Å². The molecular formula is C24H19BrF5N3O2. The second-order valence-electron chi connectivity index (χ2n) is 7.73. The van der Waals surface area contributed by atoms with E-state index in [4.69, 9.17) is 4.74 Å². The summed E-state index contributed by atoms with van der Waals surface area (Å²) < 4.78 is 74.9. The molecule has 35 heavy (non-hydrogen) atoms. The second-order valence-corrected chi connectivity index (χ2v) is 8.65. The van der Waals surface area contributed by atoms with Gasteiger partial charge >= 0.3 is 0 Å². The standard InChI is InChI=1S/C24H19BrF5N3O2/c25-14-1-7-17(8-2-14)35-13-18(34)31-15-3-5-16(6-4-15)32-9-11-33(12-10-32)24-22(29)20(27)19(26)21(28)23(24)30/h1-8H,9-13H2,(H,31,34). The van der Waals surface area contributed by atoms with Gasteiger partial charge in [0.1, 0.15) is 11.4 Å². The summed E-state index contributed by atoms with van der Waals surface area (Å²) >= 11 is 3.32. The van der Waals surface area contributed by atoms with Gasteiger partial charge in [-0.15, -0.1) is 0 Å². The number of benzene rings is 3. The molecular weight excluding hydrogens is 537 g/mol. The fourth-order valence-electron chi connectivity index (χ4n) is 3.69. The average Bonchev–Trinajstić information content (AvgIpc) is 2.87. The summed E-state index contributed by atoms with van der Waals surface area (Å²) in [5.41, 5.74) is 0.425. The summed E-state index contributed by atoms with van der Waals surface area (Å²) in [4.78, 5) is 15.2. The Morgan fingerprint density at radius 1 is 0.771 bits per heavy atom. The van der Waals surface area contributed by atoms with Crippen molar-refractivity contribution in [1.29, 1.82) is 0 Å². The highest BCUT2D eigenvalue weighted by Gasteiger charge is 2.30. The molecule has 0 radical (unpaired) electrons. The van der Waals surface area contributed by atoms with Crippen LogP contribution in [0.1, 0.15) is 0 Å². The molecule has 1 N–H and O–H groups in total. The third kappa shape index (κ3) is 5.50. The highest BCUT2D eigenvalue weighted by Crippen LogP contribution is 2.31. The SMILES string of the molecule is O=C(COc1ccc(Br)cc1)Nc1ccc(N2CCN(c3c(F)c(F)c(F)c(F)c3F)CC2)cc1. The molecule has 1 amide bonds. The van der Waals surface area contributed by atoms with Gasteiger partial charge in [-0.05, 0) is 48.5 Å². The van der Waals surface area contributed by atoms with Gasteiger partial charge in [0.15, 0.2) is 29.9 Å². The van der Waals surface area contributed by atoms with E-state index in [1.807, 2.05) is 4.90 Å². The Hall–Kier alpha value is -3.34. The van der Waals surface area contributed by atoms with Crippen LogP contribution in [0.25, 0.3) is 0 Å². The van der Waals surface area contributed by atoms with Crippen LogP contribution in [0.4, 0.5) is 39.0 Å². The molecule has 3 aromatic carbocycles. The maximum atomic E-state index is 14.1. The molecule has 11 heteroatoms. The maximum absolute atomic E-state index is 14.1. The second kappa shape index (κ2) is 10.5. The van der Waals surface area contributed by atoms with Crippen molar-refractivity contribution in [3.05, 3.63) is 82.1 Å². The van der Waals surface area contributed by atoms with E-state index in [2.05, 4.69) is 21.2 Å². The van der Waals surface area contributed by atoms with E-state index in [9.17, 15) is 26.7 Å². The van der Waals surface area contributed by atoms with Gasteiger partial charge in [0, 0.05) is 42.0 Å². The Morgan fingerprint density at radius 3 is 1.86 bits per heavy atom. The third-order valence-electron chi connectivity index (χ3n) is 5.48. The molecule has 5 nitrogen and oxygen atoms in total. The van der Waals surface area contributed by atoms with E-state index >= 15 is 0 Å². The van der Waals surface area contributed by atoms with Gasteiger partial charge < -0.3 is 19.9 Å². The van der Waals surface area contributed by atoms with Crippen LogP contribution in [-0.4, -0.2) is 38.7 Å². The number of nitrogens with zero attached hydrogens (tertiary/aromatic N) is 2. The lowest BCUT2D eigenvalue weighted by Gasteiger charge is -2.37. The Bertz CT molecular complexity index is 1190. The highest BCUT2D eigenvalue weighted by molar-refractivity contribution is 9.10. The molecule has 0 spiro atoms. The molecule has 0 atom stereocenters. The van der Waals surface area contributed by atoms with Crippen molar-refractivity contribution in [2.45, 2.75) is 0 Å². The minimum atomic E-state index is -2.17. The number of halogens is 6. The van der Waals surface area contributed by atoms with Gasteiger partial charge in [-0.3, -0.25) is 4.79 Å². The molecule has 4 rings (SSSR count). The molecule has 0 unspecified atom stereocenters. The van der Waals surface area contributed by atoms with E-state index in [1.54, 1.807) is 48.5 Å². The first kappa shape index (κ1) is 24.8. The number of anilines is 3. The van der Waals surface area contributed by atoms with Crippen LogP contribution < -0.4 is 19.9 Å². The Morgan fingerprint density at radius 2 is 1.29 bits per heavy atom. The van der Waals surface area contributed by atoms with Crippen molar-refractivity contribution in [3.8, 4) is 5.75 Å². The first-order valence-electron chi connectivity index (χ1n) is 10.5. The molecule has 3 aromatic rings. The summed E-state index contributed by atoms with van der Waals surface area (Å²) in [6.07, 6.45) is 0. The first-order chi connectivity index (χ1) is 16.7. The number of amides is 1. The van der Waals surface area contributed by atoms with E-state index in [-0.39, 0.29) is 25.6 Å². The Kier molecular flexibility index (Phi) is 7.44. The zero-order chi connectivity index (χ0) is 25.1. The summed E-state index contributed by atoms with van der Waals surface area (Å²) in [6, 6.07) is 14.0. The molecule has 1 fully saturated rings. The number of hydrogen-bond donors (Lipinski definition) is 1. The monoisotopic (exact) mass is 555 g/mol. The summed E-state index contributed by atoms with van der Waals surface area (Å²) in [7, 11) is 0. The van der Waals surface area contributed by atoms with Crippen molar-refractivity contribution in [3.63, 3.8) is 0 Å². The number of hydrogen-bond acceptors (Lipinski definition) is 4.